The number of ketones is 1. The third-order valence-corrected chi connectivity index (χ3v) is 3.38. The van der Waals surface area contributed by atoms with Gasteiger partial charge in [-0.15, -0.1) is 6.42 Å². The van der Waals surface area contributed by atoms with E-state index in [1.165, 1.54) is 13.0 Å². The molecule has 1 aliphatic rings. The maximum atomic E-state index is 14.0. The quantitative estimate of drug-likeness (QED) is 0.611. The van der Waals surface area contributed by atoms with Crippen LogP contribution in [0.3, 0.4) is 0 Å². The normalized spacial score (nSPS) is 16.2. The van der Waals surface area contributed by atoms with Gasteiger partial charge in [0.05, 0.1) is 12.2 Å². The Labute approximate surface area is 113 Å². The van der Waals surface area contributed by atoms with Crippen molar-refractivity contribution >= 4 is 11.5 Å². The highest BCUT2D eigenvalue weighted by Crippen LogP contribution is 2.22. The van der Waals surface area contributed by atoms with Crippen LogP contribution in [0.15, 0.2) is 18.2 Å². The van der Waals surface area contributed by atoms with Crippen LogP contribution in [0, 0.1) is 18.2 Å². The van der Waals surface area contributed by atoms with Crippen LogP contribution in [-0.2, 0) is 0 Å². The SMILES string of the molecule is C#CCN1CCN(c2ccc(C(C)=O)cc2F)CC1. The number of Topliss-reactive ketones (excluding diaryl/α,β-unsaturated/α-hetero) is 1. The van der Waals surface area contributed by atoms with Gasteiger partial charge in [-0.1, -0.05) is 5.92 Å². The van der Waals surface area contributed by atoms with Gasteiger partial charge in [-0.25, -0.2) is 4.39 Å². The van der Waals surface area contributed by atoms with Gasteiger partial charge >= 0.3 is 0 Å². The van der Waals surface area contributed by atoms with Gasteiger partial charge in [0.25, 0.3) is 0 Å². The van der Waals surface area contributed by atoms with Crippen LogP contribution in [0.2, 0.25) is 0 Å². The Morgan fingerprint density at radius 1 is 1.37 bits per heavy atom. The number of hydrogen-bond donors (Lipinski definition) is 0. The maximum Gasteiger partial charge on any atom is 0.159 e. The fourth-order valence-corrected chi connectivity index (χ4v) is 2.26. The van der Waals surface area contributed by atoms with Gasteiger partial charge in [0.2, 0.25) is 0 Å². The lowest BCUT2D eigenvalue weighted by Crippen LogP contribution is -2.46. The predicted molar refractivity (Wildman–Crippen MR) is 73.9 cm³/mol. The summed E-state index contributed by atoms with van der Waals surface area (Å²) in [5, 5.41) is 0. The van der Waals surface area contributed by atoms with Crippen molar-refractivity contribution in [3.05, 3.63) is 29.6 Å². The molecule has 1 heterocycles. The minimum absolute atomic E-state index is 0.121. The molecule has 0 amide bonds. The minimum Gasteiger partial charge on any atom is -0.367 e. The Morgan fingerprint density at radius 2 is 2.05 bits per heavy atom. The molecule has 1 fully saturated rings. The molecule has 0 atom stereocenters. The van der Waals surface area contributed by atoms with E-state index in [0.29, 0.717) is 17.8 Å². The largest absolute Gasteiger partial charge is 0.367 e. The fourth-order valence-electron chi connectivity index (χ4n) is 2.26. The van der Waals surface area contributed by atoms with Crippen LogP contribution in [0.4, 0.5) is 10.1 Å². The van der Waals surface area contributed by atoms with Crippen LogP contribution in [0.1, 0.15) is 17.3 Å². The molecule has 0 aliphatic carbocycles. The Kier molecular flexibility index (Phi) is 4.18. The van der Waals surface area contributed by atoms with E-state index in [2.05, 4.69) is 10.8 Å². The second kappa shape index (κ2) is 5.85. The summed E-state index contributed by atoms with van der Waals surface area (Å²) in [7, 11) is 0. The number of nitrogens with zero attached hydrogens (tertiary/aromatic N) is 2. The number of piperazine rings is 1. The van der Waals surface area contributed by atoms with Crippen LogP contribution >= 0.6 is 0 Å². The summed E-state index contributed by atoms with van der Waals surface area (Å²) in [5.41, 5.74) is 0.970. The molecule has 0 unspecified atom stereocenters. The molecule has 1 saturated heterocycles. The number of rotatable bonds is 3. The molecule has 0 aromatic heterocycles. The van der Waals surface area contributed by atoms with E-state index in [0.717, 1.165) is 26.2 Å². The molecule has 2 rings (SSSR count). The highest BCUT2D eigenvalue weighted by atomic mass is 19.1. The molecule has 1 aliphatic heterocycles. The van der Waals surface area contributed by atoms with Crippen molar-refractivity contribution < 1.29 is 9.18 Å². The van der Waals surface area contributed by atoms with Crippen molar-refractivity contribution in [3.63, 3.8) is 0 Å². The van der Waals surface area contributed by atoms with E-state index >= 15 is 0 Å². The third kappa shape index (κ3) is 3.12. The zero-order chi connectivity index (χ0) is 13.8. The van der Waals surface area contributed by atoms with Crippen LogP contribution in [0.5, 0.6) is 0 Å². The summed E-state index contributed by atoms with van der Waals surface area (Å²) in [6.07, 6.45) is 5.28. The second-order valence-electron chi connectivity index (χ2n) is 4.69. The molecule has 0 saturated carbocycles. The average Bonchev–Trinajstić information content (AvgIpc) is 2.40. The second-order valence-corrected chi connectivity index (χ2v) is 4.69. The number of halogens is 1. The van der Waals surface area contributed by atoms with Gasteiger partial charge in [-0.05, 0) is 25.1 Å². The Balaban J connectivity index is 2.08. The highest BCUT2D eigenvalue weighted by Gasteiger charge is 2.19. The first-order valence-corrected chi connectivity index (χ1v) is 6.33. The molecule has 0 N–H and O–H groups in total. The number of terminal acetylenes is 1. The van der Waals surface area contributed by atoms with Gasteiger partial charge in [0.15, 0.2) is 5.78 Å². The standard InChI is InChI=1S/C15H17FN2O/c1-3-6-17-7-9-18(10-8-17)15-5-4-13(12(2)19)11-14(15)16/h1,4-5,11H,6-10H2,2H3. The number of benzene rings is 1. The molecule has 1 aromatic carbocycles. The number of hydrogen-bond acceptors (Lipinski definition) is 3. The number of carbonyl (C=O) groups excluding carboxylic acids is 1. The van der Waals surface area contributed by atoms with Gasteiger partial charge in [-0.3, -0.25) is 9.69 Å². The topological polar surface area (TPSA) is 23.6 Å². The van der Waals surface area contributed by atoms with Crippen molar-refractivity contribution in [2.24, 2.45) is 0 Å². The van der Waals surface area contributed by atoms with Crippen molar-refractivity contribution in [1.82, 2.24) is 4.90 Å². The van der Waals surface area contributed by atoms with E-state index in [1.807, 2.05) is 4.90 Å². The molecule has 0 spiro atoms. The van der Waals surface area contributed by atoms with Crippen molar-refractivity contribution in [3.8, 4) is 12.3 Å². The molecule has 0 radical (unpaired) electrons. The molecule has 0 bridgehead atoms. The van der Waals surface area contributed by atoms with Crippen molar-refractivity contribution in [1.29, 1.82) is 0 Å². The summed E-state index contributed by atoms with van der Waals surface area (Å²) < 4.78 is 14.0. The third-order valence-electron chi connectivity index (χ3n) is 3.38. The van der Waals surface area contributed by atoms with Crippen molar-refractivity contribution in [2.75, 3.05) is 37.6 Å². The molecule has 19 heavy (non-hydrogen) atoms. The maximum absolute atomic E-state index is 14.0. The number of anilines is 1. The van der Waals surface area contributed by atoms with E-state index in [-0.39, 0.29) is 11.6 Å². The molecule has 3 nitrogen and oxygen atoms in total. The van der Waals surface area contributed by atoms with E-state index in [4.69, 9.17) is 6.42 Å². The molecular weight excluding hydrogens is 243 g/mol. The monoisotopic (exact) mass is 260 g/mol. The molecular formula is C15H17FN2O. The van der Waals surface area contributed by atoms with Crippen LogP contribution in [-0.4, -0.2) is 43.4 Å². The molecule has 4 heteroatoms. The van der Waals surface area contributed by atoms with Gasteiger partial charge in [-0.2, -0.15) is 0 Å². The molecule has 1 aromatic rings. The zero-order valence-corrected chi connectivity index (χ0v) is 11.0. The fraction of sp³-hybridized carbons (Fsp3) is 0.400. The zero-order valence-electron chi connectivity index (χ0n) is 11.0. The Morgan fingerprint density at radius 3 is 2.58 bits per heavy atom. The average molecular weight is 260 g/mol. The van der Waals surface area contributed by atoms with E-state index in [9.17, 15) is 9.18 Å². The lowest BCUT2D eigenvalue weighted by atomic mass is 10.1. The van der Waals surface area contributed by atoms with Crippen LogP contribution in [0.25, 0.3) is 0 Å². The lowest BCUT2D eigenvalue weighted by molar-refractivity contribution is 0.101. The first-order chi connectivity index (χ1) is 9.11. The summed E-state index contributed by atoms with van der Waals surface area (Å²) in [6.45, 7) is 5.23. The number of carbonyl (C=O) groups is 1. The molecule has 100 valence electrons. The summed E-state index contributed by atoms with van der Waals surface area (Å²) >= 11 is 0. The summed E-state index contributed by atoms with van der Waals surface area (Å²) in [6, 6.07) is 4.67. The lowest BCUT2D eigenvalue weighted by Gasteiger charge is -2.35. The summed E-state index contributed by atoms with van der Waals surface area (Å²) in [4.78, 5) is 15.4. The minimum atomic E-state index is -0.335. The van der Waals surface area contributed by atoms with E-state index in [1.54, 1.807) is 12.1 Å². The smallest absolute Gasteiger partial charge is 0.159 e. The first-order valence-electron chi connectivity index (χ1n) is 6.33. The Hall–Kier alpha value is -1.86. The van der Waals surface area contributed by atoms with Gasteiger partial charge in [0.1, 0.15) is 5.82 Å². The first kappa shape index (κ1) is 13.6. The van der Waals surface area contributed by atoms with Gasteiger partial charge < -0.3 is 4.90 Å². The Bertz CT molecular complexity index is 513. The highest BCUT2D eigenvalue weighted by molar-refractivity contribution is 5.94. The predicted octanol–water partition coefficient (Wildman–Crippen LogP) is 1.78. The summed E-state index contributed by atoms with van der Waals surface area (Å²) in [5.74, 6) is 2.16. The van der Waals surface area contributed by atoms with E-state index < -0.39 is 0 Å². The van der Waals surface area contributed by atoms with Crippen LogP contribution < -0.4 is 4.90 Å². The van der Waals surface area contributed by atoms with Crippen molar-refractivity contribution in [2.45, 2.75) is 6.92 Å². The van der Waals surface area contributed by atoms with Gasteiger partial charge in [0, 0.05) is 31.7 Å².